The summed E-state index contributed by atoms with van der Waals surface area (Å²) in [5.74, 6) is 0.578. The van der Waals surface area contributed by atoms with Crippen LogP contribution in [0.25, 0.3) is 10.8 Å². The van der Waals surface area contributed by atoms with Crippen LogP contribution < -0.4 is 14.8 Å². The third-order valence-corrected chi connectivity index (χ3v) is 6.41. The SMILES string of the molecule is C[C@@H](NS(=O)(=O)c1ccc2ccccc2c1)C(=O)Nc1ccccc1Oc1ccccc1. The number of nitrogens with one attached hydrogen (secondary N) is 2. The van der Waals surface area contributed by atoms with Crippen molar-refractivity contribution in [2.45, 2.75) is 17.9 Å². The largest absolute Gasteiger partial charge is 0.455 e. The molecule has 0 saturated carbocycles. The van der Waals surface area contributed by atoms with Gasteiger partial charge in [-0.2, -0.15) is 4.72 Å². The van der Waals surface area contributed by atoms with E-state index >= 15 is 0 Å². The van der Waals surface area contributed by atoms with E-state index < -0.39 is 22.0 Å². The number of anilines is 1. The monoisotopic (exact) mass is 446 g/mol. The van der Waals surface area contributed by atoms with Crippen molar-refractivity contribution < 1.29 is 17.9 Å². The molecule has 0 heterocycles. The Kier molecular flexibility index (Phi) is 6.20. The Morgan fingerprint density at radius 1 is 0.812 bits per heavy atom. The average molecular weight is 447 g/mol. The molecule has 0 aliphatic heterocycles. The van der Waals surface area contributed by atoms with Gasteiger partial charge < -0.3 is 10.1 Å². The second kappa shape index (κ2) is 9.21. The van der Waals surface area contributed by atoms with Gasteiger partial charge in [-0.25, -0.2) is 8.42 Å². The summed E-state index contributed by atoms with van der Waals surface area (Å²) in [7, 11) is -3.89. The molecule has 6 nitrogen and oxygen atoms in total. The molecule has 4 aromatic carbocycles. The van der Waals surface area contributed by atoms with E-state index in [9.17, 15) is 13.2 Å². The van der Waals surface area contributed by atoms with Crippen LogP contribution in [0.5, 0.6) is 11.5 Å². The Bertz CT molecular complexity index is 1350. The van der Waals surface area contributed by atoms with Crippen LogP contribution in [-0.4, -0.2) is 20.4 Å². The first-order valence-corrected chi connectivity index (χ1v) is 11.5. The van der Waals surface area contributed by atoms with Crippen molar-refractivity contribution in [3.8, 4) is 11.5 Å². The summed E-state index contributed by atoms with van der Waals surface area (Å²) in [6.45, 7) is 1.49. The van der Waals surface area contributed by atoms with Crippen molar-refractivity contribution >= 4 is 32.4 Å². The normalized spacial score (nSPS) is 12.3. The molecule has 0 aliphatic rings. The van der Waals surface area contributed by atoms with Gasteiger partial charge in [-0.1, -0.05) is 60.7 Å². The fourth-order valence-electron chi connectivity index (χ4n) is 3.20. The van der Waals surface area contributed by atoms with E-state index in [-0.39, 0.29) is 4.90 Å². The summed E-state index contributed by atoms with van der Waals surface area (Å²) >= 11 is 0. The lowest BCUT2D eigenvalue weighted by atomic mass is 10.1. The van der Waals surface area contributed by atoms with Crippen LogP contribution in [-0.2, 0) is 14.8 Å². The second-order valence-corrected chi connectivity index (χ2v) is 8.97. The number of rotatable bonds is 7. The van der Waals surface area contributed by atoms with Crippen LogP contribution in [0, 0.1) is 0 Å². The second-order valence-electron chi connectivity index (χ2n) is 7.25. The van der Waals surface area contributed by atoms with Crippen molar-refractivity contribution in [1.29, 1.82) is 0 Å². The van der Waals surface area contributed by atoms with Crippen LogP contribution in [0.3, 0.4) is 0 Å². The summed E-state index contributed by atoms with van der Waals surface area (Å²) in [4.78, 5) is 12.8. The van der Waals surface area contributed by atoms with Gasteiger partial charge in [-0.3, -0.25) is 4.79 Å². The molecule has 4 rings (SSSR count). The Balaban J connectivity index is 1.48. The standard InChI is InChI=1S/C25H22N2O4S/c1-18(27-32(29,30)22-16-15-19-9-5-6-10-20(19)17-22)25(28)26-23-13-7-8-14-24(23)31-21-11-3-2-4-12-21/h2-18,27H,1H3,(H,26,28)/t18-/m1/s1. The van der Waals surface area contributed by atoms with Crippen LogP contribution in [0.4, 0.5) is 5.69 Å². The highest BCUT2D eigenvalue weighted by molar-refractivity contribution is 7.89. The zero-order valence-corrected chi connectivity index (χ0v) is 18.2. The molecule has 4 aromatic rings. The summed E-state index contributed by atoms with van der Waals surface area (Å²) in [6.07, 6.45) is 0. The molecule has 7 heteroatoms. The number of para-hydroxylation sites is 3. The first-order valence-electron chi connectivity index (χ1n) is 10.1. The predicted molar refractivity (Wildman–Crippen MR) is 125 cm³/mol. The van der Waals surface area contributed by atoms with Gasteiger partial charge in [-0.15, -0.1) is 0 Å². The third-order valence-electron chi connectivity index (χ3n) is 4.87. The zero-order valence-electron chi connectivity index (χ0n) is 17.4. The number of hydrogen-bond donors (Lipinski definition) is 2. The van der Waals surface area contributed by atoms with Crippen LogP contribution in [0.1, 0.15) is 6.92 Å². The Labute approximate surface area is 186 Å². The van der Waals surface area contributed by atoms with Crippen LogP contribution >= 0.6 is 0 Å². The van der Waals surface area contributed by atoms with Gasteiger partial charge >= 0.3 is 0 Å². The van der Waals surface area contributed by atoms with Crippen molar-refractivity contribution in [1.82, 2.24) is 4.72 Å². The van der Waals surface area contributed by atoms with Gasteiger partial charge in [0.1, 0.15) is 5.75 Å². The number of amides is 1. The van der Waals surface area contributed by atoms with E-state index in [4.69, 9.17) is 4.74 Å². The number of fused-ring (bicyclic) bond motifs is 1. The van der Waals surface area contributed by atoms with Gasteiger partial charge in [0.2, 0.25) is 15.9 Å². The van der Waals surface area contributed by atoms with Crippen molar-refractivity contribution in [2.24, 2.45) is 0 Å². The molecular weight excluding hydrogens is 424 g/mol. The molecule has 0 spiro atoms. The number of sulfonamides is 1. The molecule has 0 bridgehead atoms. The van der Waals surface area contributed by atoms with E-state index in [0.717, 1.165) is 10.8 Å². The predicted octanol–water partition coefficient (Wildman–Crippen LogP) is 4.94. The van der Waals surface area contributed by atoms with E-state index in [1.807, 2.05) is 42.5 Å². The van der Waals surface area contributed by atoms with Crippen LogP contribution in [0.2, 0.25) is 0 Å². The molecule has 0 aliphatic carbocycles. The first kappa shape index (κ1) is 21.5. The van der Waals surface area contributed by atoms with Gasteiger partial charge in [-0.05, 0) is 54.1 Å². The van der Waals surface area contributed by atoms with Crippen molar-refractivity contribution in [3.05, 3.63) is 97.1 Å². The molecule has 1 amide bonds. The number of carbonyl (C=O) groups excluding carboxylic acids is 1. The zero-order chi connectivity index (χ0) is 22.6. The van der Waals surface area contributed by atoms with Crippen molar-refractivity contribution in [3.63, 3.8) is 0 Å². The highest BCUT2D eigenvalue weighted by Crippen LogP contribution is 2.29. The first-order chi connectivity index (χ1) is 15.4. The van der Waals surface area contributed by atoms with E-state index in [1.54, 1.807) is 48.5 Å². The van der Waals surface area contributed by atoms with E-state index in [2.05, 4.69) is 10.0 Å². The Morgan fingerprint density at radius 3 is 2.25 bits per heavy atom. The molecule has 2 N–H and O–H groups in total. The number of carbonyl (C=O) groups is 1. The summed E-state index contributed by atoms with van der Waals surface area (Å²) < 4.78 is 34.0. The smallest absolute Gasteiger partial charge is 0.242 e. The quantitative estimate of drug-likeness (QED) is 0.421. The lowest BCUT2D eigenvalue weighted by Gasteiger charge is -2.17. The van der Waals surface area contributed by atoms with Gasteiger partial charge in [0.25, 0.3) is 0 Å². The highest BCUT2D eigenvalue weighted by atomic mass is 32.2. The molecule has 0 fully saturated rings. The van der Waals surface area contributed by atoms with Gasteiger partial charge in [0.05, 0.1) is 16.6 Å². The Hall–Kier alpha value is -3.68. The van der Waals surface area contributed by atoms with Gasteiger partial charge in [0, 0.05) is 0 Å². The lowest BCUT2D eigenvalue weighted by molar-refractivity contribution is -0.117. The molecule has 0 aromatic heterocycles. The molecule has 32 heavy (non-hydrogen) atoms. The number of benzene rings is 4. The summed E-state index contributed by atoms with van der Waals surface area (Å²) in [5.41, 5.74) is 0.443. The summed E-state index contributed by atoms with van der Waals surface area (Å²) in [6, 6.07) is 27.5. The number of hydrogen-bond acceptors (Lipinski definition) is 4. The van der Waals surface area contributed by atoms with Crippen LogP contribution in [0.15, 0.2) is 102 Å². The lowest BCUT2D eigenvalue weighted by Crippen LogP contribution is -2.41. The van der Waals surface area contributed by atoms with E-state index in [1.165, 1.54) is 13.0 Å². The minimum Gasteiger partial charge on any atom is -0.455 e. The summed E-state index contributed by atoms with van der Waals surface area (Å²) in [5, 5.41) is 4.49. The maximum atomic E-state index is 12.8. The maximum Gasteiger partial charge on any atom is 0.242 e. The minimum absolute atomic E-state index is 0.101. The number of ether oxygens (including phenoxy) is 1. The molecule has 162 valence electrons. The topological polar surface area (TPSA) is 84.5 Å². The molecule has 1 atom stereocenters. The fourth-order valence-corrected chi connectivity index (χ4v) is 4.44. The molecule has 0 radical (unpaired) electrons. The minimum atomic E-state index is -3.89. The third kappa shape index (κ3) is 4.96. The van der Waals surface area contributed by atoms with Crippen molar-refractivity contribution in [2.75, 3.05) is 5.32 Å². The van der Waals surface area contributed by atoms with Gasteiger partial charge in [0.15, 0.2) is 5.75 Å². The molecule has 0 unspecified atom stereocenters. The Morgan fingerprint density at radius 2 is 1.47 bits per heavy atom. The highest BCUT2D eigenvalue weighted by Gasteiger charge is 2.23. The average Bonchev–Trinajstić information content (AvgIpc) is 2.80. The van der Waals surface area contributed by atoms with E-state index in [0.29, 0.717) is 17.2 Å². The fraction of sp³-hybridized carbons (Fsp3) is 0.0800. The maximum absolute atomic E-state index is 12.8. The molecule has 0 saturated heterocycles. The molecular formula is C25H22N2O4S.